The molecule has 0 atom stereocenters. The smallest absolute Gasteiger partial charge is 0.293 e. The zero-order chi connectivity index (χ0) is 19.3. The molecule has 0 aliphatic carbocycles. The van der Waals surface area contributed by atoms with E-state index in [1.54, 1.807) is 6.20 Å². The Balaban J connectivity index is 1.69. The van der Waals surface area contributed by atoms with E-state index >= 15 is 0 Å². The molecule has 1 saturated heterocycles. The van der Waals surface area contributed by atoms with Crippen molar-refractivity contribution in [3.8, 4) is 0 Å². The molecule has 0 spiro atoms. The van der Waals surface area contributed by atoms with Crippen molar-refractivity contribution in [1.82, 2.24) is 9.29 Å². The summed E-state index contributed by atoms with van der Waals surface area (Å²) >= 11 is 0. The molecule has 27 heavy (non-hydrogen) atoms. The fourth-order valence-corrected chi connectivity index (χ4v) is 4.44. The van der Waals surface area contributed by atoms with Gasteiger partial charge in [0.2, 0.25) is 10.0 Å². The molecule has 0 radical (unpaired) electrons. The maximum Gasteiger partial charge on any atom is 0.293 e. The van der Waals surface area contributed by atoms with Gasteiger partial charge in [-0.15, -0.1) is 0 Å². The van der Waals surface area contributed by atoms with Crippen LogP contribution in [0.15, 0.2) is 47.5 Å². The summed E-state index contributed by atoms with van der Waals surface area (Å²) < 4.78 is 26.6. The van der Waals surface area contributed by atoms with E-state index in [9.17, 15) is 18.5 Å². The molecular weight excluding hydrogens is 370 g/mol. The second-order valence-electron chi connectivity index (χ2n) is 6.12. The van der Waals surface area contributed by atoms with Crippen molar-refractivity contribution in [2.75, 3.05) is 36.8 Å². The first kappa shape index (κ1) is 19.1. The van der Waals surface area contributed by atoms with Gasteiger partial charge in [0.15, 0.2) is 0 Å². The summed E-state index contributed by atoms with van der Waals surface area (Å²) in [5.41, 5.74) is 0.0244. The van der Waals surface area contributed by atoms with Gasteiger partial charge < -0.3 is 10.6 Å². The number of nitro benzene ring substituents is 1. The van der Waals surface area contributed by atoms with Crippen molar-refractivity contribution in [1.29, 1.82) is 0 Å². The molecule has 0 amide bonds. The molecule has 0 bridgehead atoms. The average Bonchev–Trinajstić information content (AvgIpc) is 3.21. The lowest BCUT2D eigenvalue weighted by molar-refractivity contribution is -0.384. The average molecular weight is 391 g/mol. The molecule has 1 aliphatic heterocycles. The monoisotopic (exact) mass is 391 g/mol. The lowest BCUT2D eigenvalue weighted by atomic mass is 10.2. The molecule has 10 heteroatoms. The molecule has 2 aromatic rings. The Morgan fingerprint density at radius 1 is 1.11 bits per heavy atom. The third-order valence-corrected chi connectivity index (χ3v) is 6.17. The van der Waals surface area contributed by atoms with Crippen molar-refractivity contribution >= 4 is 27.2 Å². The van der Waals surface area contributed by atoms with E-state index < -0.39 is 14.9 Å². The number of rotatable bonds is 8. The third-order valence-electron chi connectivity index (χ3n) is 4.28. The molecule has 0 saturated carbocycles. The highest BCUT2D eigenvalue weighted by atomic mass is 32.2. The van der Waals surface area contributed by atoms with Crippen LogP contribution < -0.4 is 10.6 Å². The summed E-state index contributed by atoms with van der Waals surface area (Å²) in [4.78, 5) is 14.9. The summed E-state index contributed by atoms with van der Waals surface area (Å²) in [6, 6.07) is 9.47. The molecule has 1 fully saturated rings. The Bertz CT molecular complexity index is 899. The molecule has 3 rings (SSSR count). The summed E-state index contributed by atoms with van der Waals surface area (Å²) in [7, 11) is -3.69. The maximum atomic E-state index is 12.6. The van der Waals surface area contributed by atoms with Gasteiger partial charge in [0, 0.05) is 38.4 Å². The minimum absolute atomic E-state index is 0.0479. The quantitative estimate of drug-likeness (QED) is 0.403. The van der Waals surface area contributed by atoms with Crippen molar-refractivity contribution < 1.29 is 13.3 Å². The van der Waals surface area contributed by atoms with Crippen LogP contribution in [0.25, 0.3) is 0 Å². The van der Waals surface area contributed by atoms with Crippen molar-refractivity contribution in [2.45, 2.75) is 17.7 Å². The number of benzene rings is 1. The largest absolute Gasteiger partial charge is 0.378 e. The van der Waals surface area contributed by atoms with E-state index in [-0.39, 0.29) is 16.3 Å². The lowest BCUT2D eigenvalue weighted by Crippen LogP contribution is -2.28. The minimum atomic E-state index is -3.69. The number of pyridine rings is 1. The predicted octanol–water partition coefficient (Wildman–Crippen LogP) is 2.30. The first-order valence-corrected chi connectivity index (χ1v) is 10.1. The fraction of sp³-hybridized carbons (Fsp3) is 0.353. The molecule has 2 heterocycles. The number of sulfonamides is 1. The number of hydrogen-bond acceptors (Lipinski definition) is 7. The van der Waals surface area contributed by atoms with Crippen molar-refractivity contribution in [3.63, 3.8) is 0 Å². The van der Waals surface area contributed by atoms with Gasteiger partial charge in [0.25, 0.3) is 5.69 Å². The Morgan fingerprint density at radius 2 is 1.85 bits per heavy atom. The van der Waals surface area contributed by atoms with Crippen LogP contribution >= 0.6 is 0 Å². The van der Waals surface area contributed by atoms with Gasteiger partial charge in [-0.25, -0.2) is 13.4 Å². The predicted molar refractivity (Wildman–Crippen MR) is 102 cm³/mol. The summed E-state index contributed by atoms with van der Waals surface area (Å²) in [5, 5.41) is 17.5. The standard InChI is InChI=1S/C17H21N5O4S/c23-22(24)16-13-14(27(25,26)21-11-3-4-12-21)6-7-15(16)18-9-10-20-17-5-1-2-8-19-17/h1-2,5-8,13,18H,3-4,9-12H2,(H,19,20). The van der Waals surface area contributed by atoms with Crippen LogP contribution in [0.2, 0.25) is 0 Å². The second kappa shape index (κ2) is 8.31. The van der Waals surface area contributed by atoms with Gasteiger partial charge >= 0.3 is 0 Å². The molecule has 1 aromatic carbocycles. The fourth-order valence-electron chi connectivity index (χ4n) is 2.91. The Morgan fingerprint density at radius 3 is 2.52 bits per heavy atom. The summed E-state index contributed by atoms with van der Waals surface area (Å²) in [6.07, 6.45) is 3.29. The van der Waals surface area contributed by atoms with E-state index in [4.69, 9.17) is 0 Å². The molecule has 2 N–H and O–H groups in total. The lowest BCUT2D eigenvalue weighted by Gasteiger charge is -2.16. The van der Waals surface area contributed by atoms with Gasteiger partial charge in [-0.1, -0.05) is 6.07 Å². The topological polar surface area (TPSA) is 117 Å². The summed E-state index contributed by atoms with van der Waals surface area (Å²) in [5.74, 6) is 0.709. The van der Waals surface area contributed by atoms with E-state index in [0.717, 1.165) is 18.9 Å². The van der Waals surface area contributed by atoms with Gasteiger partial charge in [0.05, 0.1) is 9.82 Å². The number of nitro groups is 1. The number of hydrogen-bond donors (Lipinski definition) is 2. The number of nitrogens with one attached hydrogen (secondary N) is 2. The molecule has 144 valence electrons. The molecule has 9 nitrogen and oxygen atoms in total. The SMILES string of the molecule is O=[N+]([O-])c1cc(S(=O)(=O)N2CCCC2)ccc1NCCNc1ccccn1. The van der Waals surface area contributed by atoms with Gasteiger partial charge in [0.1, 0.15) is 11.5 Å². The van der Waals surface area contributed by atoms with Gasteiger partial charge in [-0.05, 0) is 37.1 Å². The third kappa shape index (κ3) is 4.52. The highest BCUT2D eigenvalue weighted by Crippen LogP contribution is 2.30. The second-order valence-corrected chi connectivity index (χ2v) is 8.05. The minimum Gasteiger partial charge on any atom is -0.378 e. The van der Waals surface area contributed by atoms with Crippen LogP contribution in [0.4, 0.5) is 17.2 Å². The number of anilines is 2. The molecule has 1 aromatic heterocycles. The molecule has 0 unspecified atom stereocenters. The molecule has 1 aliphatic rings. The zero-order valence-electron chi connectivity index (χ0n) is 14.7. The van der Waals surface area contributed by atoms with Crippen LogP contribution in [0.5, 0.6) is 0 Å². The Hall–Kier alpha value is -2.72. The first-order chi connectivity index (χ1) is 13.0. The molecular formula is C17H21N5O4S. The first-order valence-electron chi connectivity index (χ1n) is 8.66. The Kier molecular flexibility index (Phi) is 5.87. The van der Waals surface area contributed by atoms with E-state index in [1.165, 1.54) is 16.4 Å². The van der Waals surface area contributed by atoms with E-state index in [1.807, 2.05) is 18.2 Å². The zero-order valence-corrected chi connectivity index (χ0v) is 15.5. The van der Waals surface area contributed by atoms with E-state index in [2.05, 4.69) is 15.6 Å². The normalized spacial score (nSPS) is 14.8. The van der Waals surface area contributed by atoms with Gasteiger partial charge in [-0.3, -0.25) is 10.1 Å². The highest BCUT2D eigenvalue weighted by molar-refractivity contribution is 7.89. The van der Waals surface area contributed by atoms with Crippen LogP contribution in [-0.2, 0) is 10.0 Å². The van der Waals surface area contributed by atoms with Crippen molar-refractivity contribution in [2.24, 2.45) is 0 Å². The van der Waals surface area contributed by atoms with Crippen LogP contribution in [-0.4, -0.2) is 48.8 Å². The highest BCUT2D eigenvalue weighted by Gasteiger charge is 2.29. The van der Waals surface area contributed by atoms with Crippen LogP contribution in [0, 0.1) is 10.1 Å². The number of nitrogens with zero attached hydrogens (tertiary/aromatic N) is 3. The maximum absolute atomic E-state index is 12.6. The van der Waals surface area contributed by atoms with Gasteiger partial charge in [-0.2, -0.15) is 4.31 Å². The number of aromatic nitrogens is 1. The van der Waals surface area contributed by atoms with Crippen LogP contribution in [0.1, 0.15) is 12.8 Å². The summed E-state index contributed by atoms with van der Waals surface area (Å²) in [6.45, 7) is 1.82. The van der Waals surface area contributed by atoms with Crippen molar-refractivity contribution in [3.05, 3.63) is 52.7 Å². The van der Waals surface area contributed by atoms with Crippen LogP contribution in [0.3, 0.4) is 0 Å². The Labute approximate surface area is 157 Å². The van der Waals surface area contributed by atoms with E-state index in [0.29, 0.717) is 32.0 Å².